The summed E-state index contributed by atoms with van der Waals surface area (Å²) in [6, 6.07) is 9.77. The van der Waals surface area contributed by atoms with Crippen molar-refractivity contribution in [1.82, 2.24) is 10.3 Å². The van der Waals surface area contributed by atoms with Gasteiger partial charge in [0.1, 0.15) is 0 Å². The SMILES string of the molecule is CC(C)C[C@H]1CCC[C@@H]([C@@H](N)Cc2c[nH]c3ccccc23)N1. The Morgan fingerprint density at radius 3 is 2.86 bits per heavy atom. The van der Waals surface area contributed by atoms with Crippen molar-refractivity contribution >= 4 is 10.9 Å². The minimum atomic E-state index is 0.189. The molecule has 0 spiro atoms. The van der Waals surface area contributed by atoms with E-state index in [4.69, 9.17) is 5.73 Å². The third-order valence-electron chi connectivity index (χ3n) is 4.92. The highest BCUT2D eigenvalue weighted by molar-refractivity contribution is 5.83. The topological polar surface area (TPSA) is 53.8 Å². The van der Waals surface area contributed by atoms with Crippen LogP contribution in [0, 0.1) is 5.92 Å². The van der Waals surface area contributed by atoms with E-state index >= 15 is 0 Å². The van der Waals surface area contributed by atoms with Gasteiger partial charge in [-0.05, 0) is 43.2 Å². The molecule has 3 nitrogen and oxygen atoms in total. The van der Waals surface area contributed by atoms with Gasteiger partial charge in [0.15, 0.2) is 0 Å². The molecule has 1 aliphatic rings. The number of aromatic amines is 1. The van der Waals surface area contributed by atoms with Crippen molar-refractivity contribution in [2.75, 3.05) is 0 Å². The first-order valence-corrected chi connectivity index (χ1v) is 8.70. The molecule has 0 saturated carbocycles. The monoisotopic (exact) mass is 299 g/mol. The molecule has 0 unspecified atom stereocenters. The third-order valence-corrected chi connectivity index (χ3v) is 4.92. The number of hydrogen-bond donors (Lipinski definition) is 3. The maximum absolute atomic E-state index is 6.55. The predicted molar refractivity (Wildman–Crippen MR) is 94.0 cm³/mol. The van der Waals surface area contributed by atoms with Crippen LogP contribution in [0.25, 0.3) is 10.9 Å². The van der Waals surface area contributed by atoms with Crippen LogP contribution in [-0.4, -0.2) is 23.1 Å². The number of rotatable bonds is 5. The molecule has 1 aromatic heterocycles. The van der Waals surface area contributed by atoms with E-state index in [1.807, 2.05) is 0 Å². The Balaban J connectivity index is 1.65. The highest BCUT2D eigenvalue weighted by atomic mass is 15.0. The number of piperidine rings is 1. The van der Waals surface area contributed by atoms with Crippen LogP contribution in [0.4, 0.5) is 0 Å². The lowest BCUT2D eigenvalue weighted by Crippen LogP contribution is -2.52. The van der Waals surface area contributed by atoms with Crippen LogP contribution in [0.1, 0.15) is 45.1 Å². The molecular weight excluding hydrogens is 270 g/mol. The summed E-state index contributed by atoms with van der Waals surface area (Å²) in [5.74, 6) is 0.751. The predicted octanol–water partition coefficient (Wildman–Crippen LogP) is 3.59. The average molecular weight is 299 g/mol. The summed E-state index contributed by atoms with van der Waals surface area (Å²) in [6.07, 6.45) is 8.13. The molecule has 0 bridgehead atoms. The van der Waals surface area contributed by atoms with Crippen LogP contribution in [0.3, 0.4) is 0 Å². The number of fused-ring (bicyclic) bond motifs is 1. The van der Waals surface area contributed by atoms with Gasteiger partial charge in [0.2, 0.25) is 0 Å². The number of hydrogen-bond acceptors (Lipinski definition) is 2. The fourth-order valence-electron chi connectivity index (χ4n) is 3.84. The molecule has 22 heavy (non-hydrogen) atoms. The molecule has 1 aromatic carbocycles. The van der Waals surface area contributed by atoms with Crippen LogP contribution in [0.5, 0.6) is 0 Å². The second-order valence-electron chi connectivity index (χ2n) is 7.26. The largest absolute Gasteiger partial charge is 0.361 e. The van der Waals surface area contributed by atoms with Crippen LogP contribution in [-0.2, 0) is 6.42 Å². The Hall–Kier alpha value is -1.32. The average Bonchev–Trinajstić information content (AvgIpc) is 2.90. The smallest absolute Gasteiger partial charge is 0.0456 e. The van der Waals surface area contributed by atoms with E-state index in [0.29, 0.717) is 12.1 Å². The van der Waals surface area contributed by atoms with Crippen LogP contribution in [0.2, 0.25) is 0 Å². The molecule has 1 aliphatic heterocycles. The molecule has 2 heterocycles. The van der Waals surface area contributed by atoms with Crippen LogP contribution in [0.15, 0.2) is 30.5 Å². The fraction of sp³-hybridized carbons (Fsp3) is 0.579. The normalized spacial score (nSPS) is 24.0. The Labute approximate surface area is 133 Å². The summed E-state index contributed by atoms with van der Waals surface area (Å²) in [5, 5.41) is 5.12. The molecule has 1 fully saturated rings. The molecular formula is C19H29N3. The molecule has 0 amide bonds. The standard InChI is InChI=1S/C19H29N3/c1-13(2)10-15-6-5-9-19(22-15)17(20)11-14-12-21-18-8-4-3-7-16(14)18/h3-4,7-8,12-13,15,17,19,21-22H,5-6,9-11,20H2,1-2H3/t15-,17+,19+/m1/s1. The van der Waals surface area contributed by atoms with Crippen molar-refractivity contribution in [3.63, 3.8) is 0 Å². The molecule has 0 aliphatic carbocycles. The number of nitrogens with two attached hydrogens (primary N) is 1. The number of benzene rings is 1. The van der Waals surface area contributed by atoms with Crippen molar-refractivity contribution < 1.29 is 0 Å². The Bertz CT molecular complexity index is 602. The summed E-state index contributed by atoms with van der Waals surface area (Å²) < 4.78 is 0. The summed E-state index contributed by atoms with van der Waals surface area (Å²) in [4.78, 5) is 3.36. The molecule has 2 aromatic rings. The maximum atomic E-state index is 6.55. The van der Waals surface area contributed by atoms with Crippen molar-refractivity contribution in [2.24, 2.45) is 11.7 Å². The zero-order valence-electron chi connectivity index (χ0n) is 13.8. The molecule has 1 saturated heterocycles. The Kier molecular flexibility index (Phi) is 4.84. The van der Waals surface area contributed by atoms with Gasteiger partial charge in [0.05, 0.1) is 0 Å². The highest BCUT2D eigenvalue weighted by Gasteiger charge is 2.26. The lowest BCUT2D eigenvalue weighted by atomic mass is 9.88. The second-order valence-corrected chi connectivity index (χ2v) is 7.26. The van der Waals surface area contributed by atoms with Gasteiger partial charge in [0, 0.05) is 35.2 Å². The maximum Gasteiger partial charge on any atom is 0.0456 e. The van der Waals surface area contributed by atoms with Crippen LogP contribution < -0.4 is 11.1 Å². The Morgan fingerprint density at radius 1 is 1.23 bits per heavy atom. The quantitative estimate of drug-likeness (QED) is 0.790. The first-order chi connectivity index (χ1) is 10.6. The van der Waals surface area contributed by atoms with Crippen molar-refractivity contribution in [1.29, 1.82) is 0 Å². The first kappa shape index (κ1) is 15.6. The van der Waals surface area contributed by atoms with Gasteiger partial charge in [-0.25, -0.2) is 0 Å². The van der Waals surface area contributed by atoms with Gasteiger partial charge in [-0.15, -0.1) is 0 Å². The summed E-state index contributed by atoms with van der Waals surface area (Å²) >= 11 is 0. The van der Waals surface area contributed by atoms with E-state index in [1.165, 1.54) is 42.1 Å². The second kappa shape index (κ2) is 6.84. The molecule has 3 heteroatoms. The number of para-hydroxylation sites is 1. The third kappa shape index (κ3) is 3.53. The summed E-state index contributed by atoms with van der Waals surface area (Å²) in [7, 11) is 0. The minimum absolute atomic E-state index is 0.189. The number of H-pyrrole nitrogens is 1. The van der Waals surface area contributed by atoms with Crippen molar-refractivity contribution in [3.05, 3.63) is 36.0 Å². The zero-order chi connectivity index (χ0) is 15.5. The molecule has 3 atom stereocenters. The lowest BCUT2D eigenvalue weighted by Gasteiger charge is -2.35. The molecule has 120 valence electrons. The van der Waals surface area contributed by atoms with E-state index in [0.717, 1.165) is 12.3 Å². The van der Waals surface area contributed by atoms with E-state index in [1.54, 1.807) is 0 Å². The van der Waals surface area contributed by atoms with Gasteiger partial charge in [-0.3, -0.25) is 0 Å². The summed E-state index contributed by atoms with van der Waals surface area (Å²) in [5.41, 5.74) is 9.10. The van der Waals surface area contributed by atoms with Gasteiger partial charge < -0.3 is 16.0 Å². The van der Waals surface area contributed by atoms with Crippen molar-refractivity contribution in [3.8, 4) is 0 Å². The van der Waals surface area contributed by atoms with E-state index in [2.05, 4.69) is 54.6 Å². The first-order valence-electron chi connectivity index (χ1n) is 8.70. The number of nitrogens with one attached hydrogen (secondary N) is 2. The minimum Gasteiger partial charge on any atom is -0.361 e. The fourth-order valence-corrected chi connectivity index (χ4v) is 3.84. The molecule has 0 radical (unpaired) electrons. The van der Waals surface area contributed by atoms with Crippen molar-refractivity contribution in [2.45, 2.75) is 64.1 Å². The van der Waals surface area contributed by atoms with Gasteiger partial charge in [-0.1, -0.05) is 38.5 Å². The number of aromatic nitrogens is 1. The molecule has 4 N–H and O–H groups in total. The van der Waals surface area contributed by atoms with Gasteiger partial charge in [0.25, 0.3) is 0 Å². The lowest BCUT2D eigenvalue weighted by molar-refractivity contribution is 0.260. The van der Waals surface area contributed by atoms with Crippen LogP contribution >= 0.6 is 0 Å². The van der Waals surface area contributed by atoms with E-state index in [9.17, 15) is 0 Å². The van der Waals surface area contributed by atoms with E-state index in [-0.39, 0.29) is 6.04 Å². The van der Waals surface area contributed by atoms with E-state index < -0.39 is 0 Å². The Morgan fingerprint density at radius 2 is 2.05 bits per heavy atom. The highest BCUT2D eigenvalue weighted by Crippen LogP contribution is 2.23. The molecule has 3 rings (SSSR count). The van der Waals surface area contributed by atoms with Gasteiger partial charge >= 0.3 is 0 Å². The summed E-state index contributed by atoms with van der Waals surface area (Å²) in [6.45, 7) is 4.61. The zero-order valence-corrected chi connectivity index (χ0v) is 13.8. The van der Waals surface area contributed by atoms with Gasteiger partial charge in [-0.2, -0.15) is 0 Å².